The predicted molar refractivity (Wildman–Crippen MR) is 75.6 cm³/mol. The third kappa shape index (κ3) is 18.3. The molecular weight excluding hydrogens is 300 g/mol. The van der Waals surface area contributed by atoms with Gasteiger partial charge in [0.05, 0.1) is 0 Å². The zero-order valence-corrected chi connectivity index (χ0v) is 15.0. The zero-order chi connectivity index (χ0) is 14.6. The van der Waals surface area contributed by atoms with Crippen molar-refractivity contribution in [3.8, 4) is 0 Å². The molecule has 0 aliphatic heterocycles. The molecule has 0 aliphatic rings. The van der Waals surface area contributed by atoms with Gasteiger partial charge in [-0.05, 0) is 0 Å². The van der Waals surface area contributed by atoms with E-state index in [1.54, 1.807) is 0 Å². The molecule has 0 saturated heterocycles. The van der Waals surface area contributed by atoms with E-state index in [2.05, 4.69) is 6.92 Å². The molecule has 117 valence electrons. The van der Waals surface area contributed by atoms with Crippen LogP contribution in [-0.4, -0.2) is 16.4 Å². The molecule has 0 rings (SSSR count). The molecule has 2 N–H and O–H groups in total. The average molecular weight is 331 g/mol. The molecule has 0 aromatic heterocycles. The van der Waals surface area contributed by atoms with Gasteiger partial charge in [-0.25, -0.2) is 0 Å². The Morgan fingerprint density at radius 1 is 0.737 bits per heavy atom. The van der Waals surface area contributed by atoms with Crippen LogP contribution in [0.3, 0.4) is 0 Å². The molecule has 0 radical (unpaired) electrons. The van der Waals surface area contributed by atoms with Gasteiger partial charge in [0, 0.05) is 0 Å². The van der Waals surface area contributed by atoms with Crippen molar-refractivity contribution in [1.29, 1.82) is 0 Å². The molecule has 0 amide bonds. The summed E-state index contributed by atoms with van der Waals surface area (Å²) in [7, 11) is -1.74. The second-order valence-corrected chi connectivity index (χ2v) is 15.6. The van der Waals surface area contributed by atoms with Gasteiger partial charge in [0.1, 0.15) is 0 Å². The third-order valence-corrected chi connectivity index (χ3v) is 9.46. The van der Waals surface area contributed by atoms with Gasteiger partial charge >= 0.3 is 106 Å². The van der Waals surface area contributed by atoms with Crippen LogP contribution in [0.25, 0.3) is 0 Å². The molecule has 0 spiro atoms. The minimum absolute atomic E-state index is 0.497. The molecule has 0 atom stereocenters. The van der Waals surface area contributed by atoms with Crippen LogP contribution in [0.4, 0.5) is 0 Å². The van der Waals surface area contributed by atoms with Crippen molar-refractivity contribution in [1.82, 2.24) is 0 Å². The van der Waals surface area contributed by atoms with E-state index < -0.39 is 20.0 Å². The van der Waals surface area contributed by atoms with E-state index in [-0.39, 0.29) is 0 Å². The number of hydrogen-bond acceptors (Lipinski definition) is 2. The summed E-state index contributed by atoms with van der Waals surface area (Å²) in [5.74, 6) is 0. The van der Waals surface area contributed by atoms with Crippen molar-refractivity contribution in [2.75, 3.05) is 0 Å². The van der Waals surface area contributed by atoms with Crippen LogP contribution in [-0.2, 0) is 19.5 Å². The van der Waals surface area contributed by atoms with Crippen LogP contribution in [0.5, 0.6) is 0 Å². The standard InChI is InChI=1S/C13H29Si.Cr.2H2O.2O/c1-2-3-4-5-6-7-8-9-10-11-12-13-14;;;;;/h2-14H2,1H3;;2*1H2;;/q;+2;;;;/p-2. The summed E-state index contributed by atoms with van der Waals surface area (Å²) in [6, 6.07) is 0.497. The van der Waals surface area contributed by atoms with Gasteiger partial charge in [-0.1, -0.05) is 13.3 Å². The Morgan fingerprint density at radius 3 is 1.47 bits per heavy atom. The van der Waals surface area contributed by atoms with Gasteiger partial charge in [-0.2, -0.15) is 0 Å². The van der Waals surface area contributed by atoms with Gasteiger partial charge in [0.15, 0.2) is 0 Å². The van der Waals surface area contributed by atoms with Crippen molar-refractivity contribution >= 4 is 8.08 Å². The van der Waals surface area contributed by atoms with Crippen LogP contribution in [0, 0.1) is 0 Å². The first-order chi connectivity index (χ1) is 8.81. The second kappa shape index (κ2) is 10.1. The first-order valence-electron chi connectivity index (χ1n) is 7.69. The normalized spacial score (nSPS) is 14.8. The first kappa shape index (κ1) is 19.3. The topological polar surface area (TPSA) is 74.6 Å². The summed E-state index contributed by atoms with van der Waals surface area (Å²) in [5.41, 5.74) is 0. The molecule has 0 heterocycles. The van der Waals surface area contributed by atoms with Crippen molar-refractivity contribution in [3.05, 3.63) is 0 Å². The van der Waals surface area contributed by atoms with E-state index in [4.69, 9.17) is 8.32 Å². The molecule has 0 aliphatic carbocycles. The predicted octanol–water partition coefficient (Wildman–Crippen LogP) is 2.99. The number of rotatable bonds is 13. The van der Waals surface area contributed by atoms with Crippen molar-refractivity contribution in [2.24, 2.45) is 0 Å². The first-order valence-corrected chi connectivity index (χ1v) is 14.2. The van der Waals surface area contributed by atoms with E-state index in [0.29, 0.717) is 6.04 Å². The fourth-order valence-electron chi connectivity index (χ4n) is 2.19. The zero-order valence-electron chi connectivity index (χ0n) is 12.3. The fourth-order valence-corrected chi connectivity index (χ4v) is 6.51. The van der Waals surface area contributed by atoms with E-state index in [1.807, 2.05) is 0 Å². The Balaban J connectivity index is 3.16. The Labute approximate surface area is 119 Å². The molecule has 0 fully saturated rings. The Morgan fingerprint density at radius 2 is 1.11 bits per heavy atom. The van der Waals surface area contributed by atoms with Crippen molar-refractivity contribution in [2.45, 2.75) is 83.6 Å². The maximum atomic E-state index is 10.7. The van der Waals surface area contributed by atoms with E-state index >= 15 is 0 Å². The summed E-state index contributed by atoms with van der Waals surface area (Å²) in [5, 5.41) is 0. The quantitative estimate of drug-likeness (QED) is 0.402. The van der Waals surface area contributed by atoms with Crippen LogP contribution >= 0.6 is 0 Å². The SMILES string of the molecule is CCCCCCCCCCCCC[SiH2][Cr](=[O])(=[O])([OH])[OH]. The maximum absolute atomic E-state index is 10.7. The number of unbranched alkanes of at least 4 members (excludes halogenated alkanes) is 10. The molecule has 6 heteroatoms. The van der Waals surface area contributed by atoms with E-state index in [0.717, 1.165) is 19.3 Å². The average Bonchev–Trinajstić information content (AvgIpc) is 2.28. The Kier molecular flexibility index (Phi) is 10.2. The minimum atomic E-state index is -5.94. The summed E-state index contributed by atoms with van der Waals surface area (Å²) < 4.78 is 38.9. The number of hydrogen-bond donors (Lipinski definition) is 2. The fraction of sp³-hybridized carbons (Fsp3) is 1.00. The van der Waals surface area contributed by atoms with Gasteiger partial charge < -0.3 is 0 Å². The van der Waals surface area contributed by atoms with E-state index in [9.17, 15) is 7.61 Å². The van der Waals surface area contributed by atoms with Crippen molar-refractivity contribution < 1.29 is 27.8 Å². The molecule has 19 heavy (non-hydrogen) atoms. The molecule has 0 aromatic carbocycles. The van der Waals surface area contributed by atoms with Gasteiger partial charge in [-0.3, -0.25) is 0 Å². The van der Waals surface area contributed by atoms with Crippen LogP contribution < -0.4 is 0 Å². The molecule has 0 bridgehead atoms. The molecule has 4 nitrogen and oxygen atoms in total. The Bertz CT molecular complexity index is 327. The summed E-state index contributed by atoms with van der Waals surface area (Å²) >= 11 is -5.94. The van der Waals surface area contributed by atoms with Crippen LogP contribution in [0.1, 0.15) is 77.6 Å². The Hall–Kier alpha value is 0.269. The molecule has 0 saturated carbocycles. The van der Waals surface area contributed by atoms with Gasteiger partial charge in [0.25, 0.3) is 0 Å². The molecule has 0 unspecified atom stereocenters. The second-order valence-electron chi connectivity index (χ2n) is 5.53. The summed E-state index contributed by atoms with van der Waals surface area (Å²) in [4.78, 5) is 0. The van der Waals surface area contributed by atoms with Crippen LogP contribution in [0.2, 0.25) is 6.04 Å². The molecular formula is C13H31CrO4Si. The van der Waals surface area contributed by atoms with Crippen LogP contribution in [0.15, 0.2) is 0 Å². The van der Waals surface area contributed by atoms with Gasteiger partial charge in [-0.15, -0.1) is 0 Å². The monoisotopic (exact) mass is 331 g/mol. The summed E-state index contributed by atoms with van der Waals surface area (Å²) in [6.07, 6.45) is 13.5. The van der Waals surface area contributed by atoms with Gasteiger partial charge in [0.2, 0.25) is 0 Å². The van der Waals surface area contributed by atoms with Crippen molar-refractivity contribution in [3.63, 3.8) is 0 Å². The third-order valence-electron chi connectivity index (χ3n) is 3.35. The molecule has 0 aromatic rings. The van der Waals surface area contributed by atoms with E-state index in [1.165, 1.54) is 51.4 Å². The summed E-state index contributed by atoms with van der Waals surface area (Å²) in [6.45, 7) is 2.23.